The molecule has 8 nitrogen and oxygen atoms in total. The maximum atomic E-state index is 13.3. The topological polar surface area (TPSA) is 107 Å². The van der Waals surface area contributed by atoms with Crippen LogP contribution in [0.1, 0.15) is 12.0 Å². The van der Waals surface area contributed by atoms with Crippen molar-refractivity contribution in [3.05, 3.63) is 81.3 Å². The van der Waals surface area contributed by atoms with E-state index in [4.69, 9.17) is 0 Å². The minimum atomic E-state index is -0.609. The smallest absolute Gasteiger partial charge is 0.337 e. The molecule has 0 radical (unpaired) electrons. The number of para-hydroxylation sites is 1. The van der Waals surface area contributed by atoms with Gasteiger partial charge in [-0.15, -0.1) is 0 Å². The van der Waals surface area contributed by atoms with Crippen molar-refractivity contribution < 1.29 is 9.90 Å². The molecule has 0 bridgehead atoms. The maximum absolute atomic E-state index is 13.3. The molecule has 4 rings (SSSR count). The number of aromatic nitrogens is 3. The van der Waals surface area contributed by atoms with E-state index in [1.165, 1.54) is 23.0 Å². The van der Waals surface area contributed by atoms with Crippen molar-refractivity contribution in [2.24, 2.45) is 4.99 Å². The van der Waals surface area contributed by atoms with Crippen LogP contribution in [0.5, 0.6) is 0 Å². The number of carbonyl (C=O) groups is 1. The van der Waals surface area contributed by atoms with E-state index in [0.29, 0.717) is 17.0 Å². The highest BCUT2D eigenvalue weighted by Crippen LogP contribution is 2.16. The van der Waals surface area contributed by atoms with Gasteiger partial charge in [-0.05, 0) is 24.3 Å². The van der Waals surface area contributed by atoms with Crippen molar-refractivity contribution in [1.82, 2.24) is 14.1 Å². The normalized spacial score (nSPS) is 13.8. The largest absolute Gasteiger partial charge is 0.392 e. The summed E-state index contributed by atoms with van der Waals surface area (Å²) in [5.74, 6) is -0.133. The fraction of sp³-hybridized carbons (Fsp3) is 0.150. The van der Waals surface area contributed by atoms with Gasteiger partial charge in [0.25, 0.3) is 5.56 Å². The molecule has 0 fully saturated rings. The van der Waals surface area contributed by atoms with Gasteiger partial charge in [0.2, 0.25) is 0 Å². The number of allylic oxidation sites excluding steroid dienone is 1. The van der Waals surface area contributed by atoms with Crippen LogP contribution in [0, 0.1) is 0 Å². The zero-order chi connectivity index (χ0) is 19.7. The number of benzene rings is 1. The van der Waals surface area contributed by atoms with Gasteiger partial charge in [-0.3, -0.25) is 19.1 Å². The summed E-state index contributed by atoms with van der Waals surface area (Å²) in [5.41, 5.74) is 0.481. The van der Waals surface area contributed by atoms with Crippen molar-refractivity contribution in [2.75, 3.05) is 0 Å². The van der Waals surface area contributed by atoms with Crippen molar-refractivity contribution >= 4 is 22.5 Å². The number of ketones is 1. The lowest BCUT2D eigenvalue weighted by molar-refractivity contribution is -0.113. The molecule has 3 heterocycles. The van der Waals surface area contributed by atoms with Crippen molar-refractivity contribution in [3.8, 4) is 5.69 Å². The summed E-state index contributed by atoms with van der Waals surface area (Å²) >= 11 is 0. The average molecular weight is 376 g/mol. The van der Waals surface area contributed by atoms with Gasteiger partial charge in [0.1, 0.15) is 0 Å². The highest BCUT2D eigenvalue weighted by Gasteiger charge is 2.19. The second-order valence-electron chi connectivity index (χ2n) is 6.32. The first kappa shape index (κ1) is 17.7. The Morgan fingerprint density at radius 3 is 2.68 bits per heavy atom. The van der Waals surface area contributed by atoms with E-state index in [9.17, 15) is 19.5 Å². The standard InChI is InChI=1S/C20H16N4O4/c25-12-13-4-1-2-6-17(13)24-18-16(5-3-8-22-18)19(27)23(20(24)28)11-14-10-15(26)7-9-21-14/h1-9,25H,10-12H2. The van der Waals surface area contributed by atoms with E-state index in [-0.39, 0.29) is 36.4 Å². The van der Waals surface area contributed by atoms with Gasteiger partial charge in [0, 0.05) is 23.7 Å². The third kappa shape index (κ3) is 2.99. The van der Waals surface area contributed by atoms with Gasteiger partial charge in [-0.1, -0.05) is 18.2 Å². The third-order valence-corrected chi connectivity index (χ3v) is 4.54. The Morgan fingerprint density at radius 1 is 1.07 bits per heavy atom. The van der Waals surface area contributed by atoms with Crippen molar-refractivity contribution in [1.29, 1.82) is 0 Å². The second-order valence-corrected chi connectivity index (χ2v) is 6.32. The number of carbonyl (C=O) groups excluding carboxylic acids is 1. The fourth-order valence-electron chi connectivity index (χ4n) is 3.22. The molecule has 0 atom stereocenters. The zero-order valence-electron chi connectivity index (χ0n) is 14.8. The second kappa shape index (κ2) is 7.16. The highest BCUT2D eigenvalue weighted by atomic mass is 16.3. The van der Waals surface area contributed by atoms with E-state index in [1.54, 1.807) is 36.4 Å². The molecular weight excluding hydrogens is 360 g/mol. The molecule has 0 amide bonds. The molecule has 140 valence electrons. The number of aliphatic hydroxyl groups excluding tert-OH is 1. The van der Waals surface area contributed by atoms with Crippen LogP contribution >= 0.6 is 0 Å². The summed E-state index contributed by atoms with van der Waals surface area (Å²) in [7, 11) is 0. The van der Waals surface area contributed by atoms with Gasteiger partial charge in [-0.2, -0.15) is 0 Å². The Morgan fingerprint density at radius 2 is 1.89 bits per heavy atom. The number of rotatable bonds is 4. The van der Waals surface area contributed by atoms with Crippen LogP contribution < -0.4 is 11.2 Å². The van der Waals surface area contributed by atoms with Gasteiger partial charge < -0.3 is 5.11 Å². The molecule has 0 saturated heterocycles. The number of aliphatic hydroxyl groups is 1. The van der Waals surface area contributed by atoms with E-state index < -0.39 is 11.2 Å². The Balaban J connectivity index is 2.01. The van der Waals surface area contributed by atoms with Crippen LogP contribution in [0.3, 0.4) is 0 Å². The van der Waals surface area contributed by atoms with Crippen molar-refractivity contribution in [2.45, 2.75) is 19.6 Å². The van der Waals surface area contributed by atoms with Crippen LogP contribution in [0.4, 0.5) is 0 Å². The molecule has 0 unspecified atom stereocenters. The lowest BCUT2D eigenvalue weighted by Gasteiger charge is -2.16. The lowest BCUT2D eigenvalue weighted by Crippen LogP contribution is -2.42. The predicted octanol–water partition coefficient (Wildman–Crippen LogP) is 0.967. The monoisotopic (exact) mass is 376 g/mol. The van der Waals surface area contributed by atoms with E-state index in [1.807, 2.05) is 0 Å². The first-order chi connectivity index (χ1) is 13.6. The van der Waals surface area contributed by atoms with Crippen LogP contribution in [-0.2, 0) is 17.9 Å². The molecule has 1 aromatic carbocycles. The van der Waals surface area contributed by atoms with Crippen LogP contribution in [0.15, 0.2) is 69.5 Å². The third-order valence-electron chi connectivity index (χ3n) is 4.54. The number of nitrogens with zero attached hydrogens (tertiary/aromatic N) is 4. The summed E-state index contributed by atoms with van der Waals surface area (Å²) in [4.78, 5) is 46.2. The molecule has 3 aromatic rings. The quantitative estimate of drug-likeness (QED) is 0.730. The van der Waals surface area contributed by atoms with E-state index >= 15 is 0 Å². The fourth-order valence-corrected chi connectivity index (χ4v) is 3.22. The summed E-state index contributed by atoms with van der Waals surface area (Å²) in [6, 6.07) is 10.1. The van der Waals surface area contributed by atoms with E-state index in [0.717, 1.165) is 4.57 Å². The molecule has 1 N–H and O–H groups in total. The molecule has 1 aliphatic rings. The molecule has 0 spiro atoms. The van der Waals surface area contributed by atoms with Crippen LogP contribution in [0.25, 0.3) is 16.7 Å². The molecule has 0 aliphatic carbocycles. The first-order valence-corrected chi connectivity index (χ1v) is 8.65. The maximum Gasteiger partial charge on any atom is 0.337 e. The average Bonchev–Trinajstić information content (AvgIpc) is 2.72. The Labute approximate surface area is 158 Å². The summed E-state index contributed by atoms with van der Waals surface area (Å²) < 4.78 is 2.35. The molecule has 2 aromatic heterocycles. The van der Waals surface area contributed by atoms with Gasteiger partial charge in [0.15, 0.2) is 11.4 Å². The number of fused-ring (bicyclic) bond motifs is 1. The Bertz CT molecular complexity index is 1270. The SMILES string of the molecule is O=C1C=CN=C(Cn2c(=O)c3cccnc3n(-c3ccccc3CO)c2=O)C1. The van der Waals surface area contributed by atoms with Crippen molar-refractivity contribution in [3.63, 3.8) is 0 Å². The molecule has 28 heavy (non-hydrogen) atoms. The van der Waals surface area contributed by atoms with Gasteiger partial charge >= 0.3 is 5.69 Å². The summed E-state index contributed by atoms with van der Waals surface area (Å²) in [6.07, 6.45) is 4.28. The predicted molar refractivity (Wildman–Crippen MR) is 104 cm³/mol. The minimum Gasteiger partial charge on any atom is -0.392 e. The van der Waals surface area contributed by atoms with Crippen LogP contribution in [0.2, 0.25) is 0 Å². The summed E-state index contributed by atoms with van der Waals surface area (Å²) in [6.45, 7) is -0.373. The molecule has 1 aliphatic heterocycles. The Kier molecular flexibility index (Phi) is 4.54. The lowest BCUT2D eigenvalue weighted by atomic mass is 10.1. The molecular formula is C20H16N4O4. The molecule has 0 saturated carbocycles. The number of hydrogen-bond donors (Lipinski definition) is 1. The first-order valence-electron chi connectivity index (χ1n) is 8.65. The Hall–Kier alpha value is -3.65. The highest BCUT2D eigenvalue weighted by molar-refractivity contribution is 6.08. The van der Waals surface area contributed by atoms with Crippen LogP contribution in [-0.4, -0.2) is 30.7 Å². The number of hydrogen-bond acceptors (Lipinski definition) is 6. The number of aliphatic imine (C=N–C) groups is 1. The van der Waals surface area contributed by atoms with E-state index in [2.05, 4.69) is 9.98 Å². The minimum absolute atomic E-state index is 0.0562. The zero-order valence-corrected chi connectivity index (χ0v) is 14.8. The summed E-state index contributed by atoms with van der Waals surface area (Å²) in [5, 5.41) is 9.95. The molecule has 8 heteroatoms. The number of pyridine rings is 1. The van der Waals surface area contributed by atoms with Gasteiger partial charge in [0.05, 0.1) is 30.6 Å². The van der Waals surface area contributed by atoms with Gasteiger partial charge in [-0.25, -0.2) is 14.3 Å².